The van der Waals surface area contributed by atoms with Crippen molar-refractivity contribution in [1.82, 2.24) is 0 Å². The molecule has 0 aromatic heterocycles. The highest BCUT2D eigenvalue weighted by Crippen LogP contribution is 2.20. The van der Waals surface area contributed by atoms with Crippen molar-refractivity contribution in [2.24, 2.45) is 0 Å². The van der Waals surface area contributed by atoms with Gasteiger partial charge in [0.25, 0.3) is 0 Å². The summed E-state index contributed by atoms with van der Waals surface area (Å²) in [6.07, 6.45) is -0.0171. The first-order valence-corrected chi connectivity index (χ1v) is 6.65. The van der Waals surface area contributed by atoms with Crippen molar-refractivity contribution in [2.45, 2.75) is 20.3 Å². The molecule has 0 bridgehead atoms. The summed E-state index contributed by atoms with van der Waals surface area (Å²) in [5, 5.41) is 3.15. The van der Waals surface area contributed by atoms with E-state index in [2.05, 4.69) is 5.32 Å². The Balaban J connectivity index is 2.13. The number of carbonyl (C=O) groups is 1. The molecule has 0 aliphatic rings. The lowest BCUT2D eigenvalue weighted by molar-refractivity contribution is -0.115. The number of benzene rings is 2. The van der Waals surface area contributed by atoms with E-state index in [9.17, 15) is 9.18 Å². The number of halogens is 2. The Bertz CT molecular complexity index is 635. The van der Waals surface area contributed by atoms with Crippen LogP contribution in [0.4, 0.5) is 10.1 Å². The zero-order valence-electron chi connectivity index (χ0n) is 11.3. The molecular formula is C16H15ClFNO. The molecule has 2 nitrogen and oxygen atoms in total. The molecule has 0 saturated heterocycles. The molecule has 0 fully saturated rings. The van der Waals surface area contributed by atoms with E-state index in [-0.39, 0.29) is 12.3 Å². The Morgan fingerprint density at radius 3 is 2.45 bits per heavy atom. The fraction of sp³-hybridized carbons (Fsp3) is 0.188. The van der Waals surface area contributed by atoms with Crippen molar-refractivity contribution >= 4 is 23.2 Å². The van der Waals surface area contributed by atoms with Crippen LogP contribution in [0.2, 0.25) is 5.02 Å². The van der Waals surface area contributed by atoms with Gasteiger partial charge in [0.2, 0.25) is 5.91 Å². The Hall–Kier alpha value is -1.87. The number of para-hydroxylation sites is 1. The fourth-order valence-electron chi connectivity index (χ4n) is 2.03. The van der Waals surface area contributed by atoms with Gasteiger partial charge in [-0.25, -0.2) is 4.39 Å². The van der Waals surface area contributed by atoms with Gasteiger partial charge in [-0.15, -0.1) is 0 Å². The quantitative estimate of drug-likeness (QED) is 0.898. The molecule has 4 heteroatoms. The number of carbonyl (C=O) groups excluding carboxylic acids is 1. The van der Waals surface area contributed by atoms with Crippen LogP contribution in [-0.4, -0.2) is 5.91 Å². The minimum Gasteiger partial charge on any atom is -0.325 e. The van der Waals surface area contributed by atoms with Gasteiger partial charge in [0, 0.05) is 10.7 Å². The number of aryl methyl sites for hydroxylation is 2. The van der Waals surface area contributed by atoms with Gasteiger partial charge in [0.05, 0.1) is 6.42 Å². The maximum Gasteiger partial charge on any atom is 0.228 e. The molecule has 0 aliphatic carbocycles. The molecule has 0 heterocycles. The summed E-state index contributed by atoms with van der Waals surface area (Å²) in [7, 11) is 0. The van der Waals surface area contributed by atoms with Gasteiger partial charge in [-0.3, -0.25) is 4.79 Å². The van der Waals surface area contributed by atoms with Crippen molar-refractivity contribution in [2.75, 3.05) is 5.32 Å². The number of hydrogen-bond acceptors (Lipinski definition) is 1. The Labute approximate surface area is 122 Å². The van der Waals surface area contributed by atoms with Gasteiger partial charge in [0.15, 0.2) is 0 Å². The van der Waals surface area contributed by atoms with E-state index < -0.39 is 5.82 Å². The molecule has 104 valence electrons. The fourth-order valence-corrected chi connectivity index (χ4v) is 2.19. The van der Waals surface area contributed by atoms with Crippen LogP contribution in [0, 0.1) is 19.7 Å². The first-order valence-electron chi connectivity index (χ1n) is 6.27. The zero-order valence-corrected chi connectivity index (χ0v) is 12.1. The number of hydrogen-bond donors (Lipinski definition) is 1. The van der Waals surface area contributed by atoms with Crippen LogP contribution in [0.15, 0.2) is 36.4 Å². The predicted octanol–water partition coefficient (Wildman–Crippen LogP) is 4.28. The average Bonchev–Trinajstić information content (AvgIpc) is 2.37. The first kappa shape index (κ1) is 14.5. The normalized spacial score (nSPS) is 10.4. The van der Waals surface area contributed by atoms with E-state index in [1.54, 1.807) is 6.07 Å². The molecule has 0 atom stereocenters. The molecule has 2 aromatic rings. The second-order valence-electron chi connectivity index (χ2n) is 4.73. The first-order chi connectivity index (χ1) is 9.47. The van der Waals surface area contributed by atoms with Crippen molar-refractivity contribution < 1.29 is 9.18 Å². The molecule has 0 aliphatic heterocycles. The number of amides is 1. The van der Waals surface area contributed by atoms with Crippen LogP contribution in [0.3, 0.4) is 0 Å². The van der Waals surface area contributed by atoms with Crippen LogP contribution < -0.4 is 5.32 Å². The average molecular weight is 292 g/mol. The maximum atomic E-state index is 13.6. The number of nitrogens with one attached hydrogen (secondary N) is 1. The minimum absolute atomic E-state index is 0.0171. The van der Waals surface area contributed by atoms with Gasteiger partial charge in [-0.2, -0.15) is 0 Å². The number of anilines is 1. The van der Waals surface area contributed by atoms with Crippen molar-refractivity contribution in [3.63, 3.8) is 0 Å². The summed E-state index contributed by atoms with van der Waals surface area (Å²) in [4.78, 5) is 12.0. The summed E-state index contributed by atoms with van der Waals surface area (Å²) in [6, 6.07) is 10.1. The highest BCUT2D eigenvalue weighted by Gasteiger charge is 2.11. The lowest BCUT2D eigenvalue weighted by atomic mass is 10.1. The van der Waals surface area contributed by atoms with Crippen molar-refractivity contribution in [1.29, 1.82) is 0 Å². The monoisotopic (exact) mass is 291 g/mol. The third-order valence-electron chi connectivity index (χ3n) is 3.11. The second-order valence-corrected chi connectivity index (χ2v) is 5.16. The van der Waals surface area contributed by atoms with Gasteiger partial charge in [-0.05, 0) is 42.7 Å². The van der Waals surface area contributed by atoms with E-state index >= 15 is 0 Å². The molecular weight excluding hydrogens is 277 g/mol. The summed E-state index contributed by atoms with van der Waals surface area (Å²) < 4.78 is 13.6. The largest absolute Gasteiger partial charge is 0.325 e. The molecule has 0 spiro atoms. The van der Waals surface area contributed by atoms with Gasteiger partial charge in [0.1, 0.15) is 5.82 Å². The zero-order chi connectivity index (χ0) is 14.7. The van der Waals surface area contributed by atoms with E-state index in [0.717, 1.165) is 16.8 Å². The lowest BCUT2D eigenvalue weighted by Gasteiger charge is -2.11. The van der Waals surface area contributed by atoms with E-state index in [0.29, 0.717) is 10.6 Å². The van der Waals surface area contributed by atoms with E-state index in [4.69, 9.17) is 11.6 Å². The predicted molar refractivity (Wildman–Crippen MR) is 79.7 cm³/mol. The van der Waals surface area contributed by atoms with Crippen molar-refractivity contribution in [3.8, 4) is 0 Å². The highest BCUT2D eigenvalue weighted by molar-refractivity contribution is 6.30. The SMILES string of the molecule is Cc1cccc(C)c1NC(=O)Cc1ccc(Cl)cc1F. The van der Waals surface area contributed by atoms with Crippen LogP contribution in [0.5, 0.6) is 0 Å². The van der Waals surface area contributed by atoms with Gasteiger partial charge >= 0.3 is 0 Å². The summed E-state index contributed by atoms with van der Waals surface area (Å²) in [5.41, 5.74) is 3.08. The number of rotatable bonds is 3. The molecule has 0 saturated carbocycles. The third-order valence-corrected chi connectivity index (χ3v) is 3.35. The van der Waals surface area contributed by atoms with Crippen LogP contribution in [0.25, 0.3) is 0 Å². The Kier molecular flexibility index (Phi) is 4.40. The Morgan fingerprint density at radius 2 is 1.85 bits per heavy atom. The molecule has 2 aromatic carbocycles. The molecule has 0 unspecified atom stereocenters. The van der Waals surface area contributed by atoms with Crippen LogP contribution >= 0.6 is 11.6 Å². The molecule has 1 amide bonds. The van der Waals surface area contributed by atoms with Crippen LogP contribution in [0.1, 0.15) is 16.7 Å². The Morgan fingerprint density at radius 1 is 1.20 bits per heavy atom. The minimum atomic E-state index is -0.464. The van der Waals surface area contributed by atoms with E-state index in [1.807, 2.05) is 32.0 Å². The molecule has 1 N–H and O–H groups in total. The maximum absolute atomic E-state index is 13.6. The standard InChI is InChI=1S/C16H15ClFNO/c1-10-4-3-5-11(2)16(10)19-15(20)8-12-6-7-13(17)9-14(12)18/h3-7,9H,8H2,1-2H3,(H,19,20). The van der Waals surface area contributed by atoms with Gasteiger partial charge < -0.3 is 5.32 Å². The molecule has 20 heavy (non-hydrogen) atoms. The smallest absolute Gasteiger partial charge is 0.228 e. The molecule has 2 rings (SSSR count). The summed E-state index contributed by atoms with van der Waals surface area (Å²) in [6.45, 7) is 3.84. The van der Waals surface area contributed by atoms with E-state index in [1.165, 1.54) is 12.1 Å². The third kappa shape index (κ3) is 3.36. The topological polar surface area (TPSA) is 29.1 Å². The lowest BCUT2D eigenvalue weighted by Crippen LogP contribution is -2.16. The van der Waals surface area contributed by atoms with Gasteiger partial charge in [-0.1, -0.05) is 35.9 Å². The summed E-state index contributed by atoms with van der Waals surface area (Å²) in [5.74, 6) is -0.710. The molecule has 0 radical (unpaired) electrons. The highest BCUT2D eigenvalue weighted by atomic mass is 35.5. The van der Waals surface area contributed by atoms with Crippen molar-refractivity contribution in [3.05, 3.63) is 63.9 Å². The summed E-state index contributed by atoms with van der Waals surface area (Å²) >= 11 is 5.68. The van der Waals surface area contributed by atoms with Crippen LogP contribution in [-0.2, 0) is 11.2 Å². The second kappa shape index (κ2) is 6.06.